The molecular formula is C4H7FO4. The zero-order chi connectivity index (χ0) is 7.28. The Balaban J connectivity index is 3.27. The molecule has 0 aliphatic carbocycles. The summed E-state index contributed by atoms with van der Waals surface area (Å²) in [5.41, 5.74) is 0. The summed E-state index contributed by atoms with van der Waals surface area (Å²) in [4.78, 5) is 10.1. The first-order valence-corrected chi connectivity index (χ1v) is 2.24. The highest BCUT2D eigenvalue weighted by molar-refractivity contribution is 5.69. The molecule has 0 unspecified atom stereocenters. The van der Waals surface area contributed by atoms with Crippen molar-refractivity contribution in [1.82, 2.24) is 0 Å². The third kappa shape index (κ3) is 5.19. The van der Waals surface area contributed by atoms with Crippen LogP contribution in [0.5, 0.6) is 0 Å². The first-order chi connectivity index (χ1) is 4.16. The number of carbonyl (C=O) groups excluding carboxylic acids is 1. The standard InChI is InChI=1S/C4H7FO4/c5-2-9-4(8)1-3(6)7/h3,6-7H,1-2H2. The normalized spacial score (nSPS) is 9.78. The van der Waals surface area contributed by atoms with Crippen molar-refractivity contribution in [2.75, 3.05) is 6.86 Å². The Kier molecular flexibility index (Phi) is 3.90. The molecular weight excluding hydrogens is 131 g/mol. The quantitative estimate of drug-likeness (QED) is 0.394. The predicted octanol–water partition coefficient (Wildman–Crippen LogP) is -0.843. The Labute approximate surface area is 50.9 Å². The topological polar surface area (TPSA) is 66.8 Å². The van der Waals surface area contributed by atoms with Crippen LogP contribution in [0.4, 0.5) is 4.39 Å². The summed E-state index contributed by atoms with van der Waals surface area (Å²) >= 11 is 0. The largest absolute Gasteiger partial charge is 0.434 e. The molecule has 0 radical (unpaired) electrons. The van der Waals surface area contributed by atoms with Gasteiger partial charge in [-0.1, -0.05) is 0 Å². The molecule has 0 aliphatic rings. The number of aliphatic hydroxyl groups is 2. The fraction of sp³-hybridized carbons (Fsp3) is 0.750. The van der Waals surface area contributed by atoms with E-state index in [0.29, 0.717) is 0 Å². The molecule has 0 aromatic heterocycles. The number of hydrogen-bond donors (Lipinski definition) is 2. The average Bonchev–Trinajstić information content (AvgIpc) is 1.63. The molecule has 0 saturated heterocycles. The van der Waals surface area contributed by atoms with Gasteiger partial charge in [0.2, 0.25) is 6.86 Å². The van der Waals surface area contributed by atoms with E-state index in [9.17, 15) is 9.18 Å². The molecule has 0 bridgehead atoms. The molecule has 0 heterocycles. The number of ether oxygens (including phenoxy) is 1. The van der Waals surface area contributed by atoms with Gasteiger partial charge < -0.3 is 14.9 Å². The van der Waals surface area contributed by atoms with Crippen molar-refractivity contribution in [2.45, 2.75) is 12.7 Å². The van der Waals surface area contributed by atoms with Crippen LogP contribution in [-0.4, -0.2) is 29.3 Å². The van der Waals surface area contributed by atoms with Crippen molar-refractivity contribution in [3.8, 4) is 0 Å². The highest BCUT2D eigenvalue weighted by Gasteiger charge is 2.06. The molecule has 0 aromatic carbocycles. The van der Waals surface area contributed by atoms with Gasteiger partial charge >= 0.3 is 5.97 Å². The summed E-state index contributed by atoms with van der Waals surface area (Å²) in [5.74, 6) is -0.965. The van der Waals surface area contributed by atoms with E-state index < -0.39 is 25.5 Å². The highest BCUT2D eigenvalue weighted by Crippen LogP contribution is 1.89. The van der Waals surface area contributed by atoms with Crippen LogP contribution in [0.2, 0.25) is 0 Å². The van der Waals surface area contributed by atoms with Crippen molar-refractivity contribution in [2.24, 2.45) is 0 Å². The van der Waals surface area contributed by atoms with Gasteiger partial charge in [-0.3, -0.25) is 4.79 Å². The van der Waals surface area contributed by atoms with Crippen LogP contribution < -0.4 is 0 Å². The number of rotatable bonds is 3. The van der Waals surface area contributed by atoms with Crippen LogP contribution >= 0.6 is 0 Å². The first kappa shape index (κ1) is 8.32. The minimum Gasteiger partial charge on any atom is -0.434 e. The maximum Gasteiger partial charge on any atom is 0.313 e. The third-order valence-electron chi connectivity index (χ3n) is 0.565. The van der Waals surface area contributed by atoms with Gasteiger partial charge in [0.05, 0.1) is 6.42 Å². The van der Waals surface area contributed by atoms with E-state index in [1.165, 1.54) is 0 Å². The molecule has 2 N–H and O–H groups in total. The van der Waals surface area contributed by atoms with E-state index >= 15 is 0 Å². The second kappa shape index (κ2) is 4.22. The molecule has 54 valence electrons. The van der Waals surface area contributed by atoms with Gasteiger partial charge in [-0.05, 0) is 0 Å². The maximum absolute atomic E-state index is 11.1. The monoisotopic (exact) mass is 138 g/mol. The SMILES string of the molecule is O=C(CC(O)O)OCF. The van der Waals surface area contributed by atoms with Crippen molar-refractivity contribution >= 4 is 5.97 Å². The fourth-order valence-electron chi connectivity index (χ4n) is 0.269. The lowest BCUT2D eigenvalue weighted by Gasteiger charge is -1.99. The van der Waals surface area contributed by atoms with Crippen molar-refractivity contribution in [1.29, 1.82) is 0 Å². The molecule has 9 heavy (non-hydrogen) atoms. The zero-order valence-corrected chi connectivity index (χ0v) is 4.58. The third-order valence-corrected chi connectivity index (χ3v) is 0.565. The molecule has 0 amide bonds. The zero-order valence-electron chi connectivity index (χ0n) is 4.58. The predicted molar refractivity (Wildman–Crippen MR) is 24.9 cm³/mol. The summed E-state index contributed by atoms with van der Waals surface area (Å²) in [6.45, 7) is -1.23. The number of halogens is 1. The average molecular weight is 138 g/mol. The van der Waals surface area contributed by atoms with Crippen LogP contribution in [0.15, 0.2) is 0 Å². The second-order valence-electron chi connectivity index (χ2n) is 1.31. The molecule has 0 rings (SSSR count). The van der Waals surface area contributed by atoms with Crippen LogP contribution in [0, 0.1) is 0 Å². The minimum absolute atomic E-state index is 0.593. The van der Waals surface area contributed by atoms with Crippen LogP contribution in [0.3, 0.4) is 0 Å². The number of alkyl halides is 1. The van der Waals surface area contributed by atoms with E-state index in [4.69, 9.17) is 10.2 Å². The Morgan fingerprint density at radius 1 is 1.67 bits per heavy atom. The molecule has 0 fully saturated rings. The van der Waals surface area contributed by atoms with E-state index in [2.05, 4.69) is 4.74 Å². The van der Waals surface area contributed by atoms with Crippen LogP contribution in [0.1, 0.15) is 6.42 Å². The van der Waals surface area contributed by atoms with Gasteiger partial charge in [0.25, 0.3) is 0 Å². The highest BCUT2D eigenvalue weighted by atomic mass is 19.1. The van der Waals surface area contributed by atoms with Gasteiger partial charge in [0.1, 0.15) is 0 Å². The number of esters is 1. The summed E-state index contributed by atoms with van der Waals surface area (Å²) in [6.07, 6.45) is -2.35. The summed E-state index contributed by atoms with van der Waals surface area (Å²) in [7, 11) is 0. The lowest BCUT2D eigenvalue weighted by atomic mass is 10.4. The minimum atomic E-state index is -1.76. The summed E-state index contributed by atoms with van der Waals surface area (Å²) in [6, 6.07) is 0. The van der Waals surface area contributed by atoms with Gasteiger partial charge in [-0.15, -0.1) is 0 Å². The van der Waals surface area contributed by atoms with Gasteiger partial charge in [-0.25, -0.2) is 4.39 Å². The van der Waals surface area contributed by atoms with Crippen LogP contribution in [-0.2, 0) is 9.53 Å². The first-order valence-electron chi connectivity index (χ1n) is 2.24. The molecule has 0 atom stereocenters. The molecule has 0 aromatic rings. The van der Waals surface area contributed by atoms with Gasteiger partial charge in [0.15, 0.2) is 6.29 Å². The van der Waals surface area contributed by atoms with Gasteiger partial charge in [-0.2, -0.15) is 0 Å². The Morgan fingerprint density at radius 3 is 2.56 bits per heavy atom. The van der Waals surface area contributed by atoms with E-state index in [0.717, 1.165) is 0 Å². The maximum atomic E-state index is 11.1. The molecule has 0 saturated carbocycles. The number of aliphatic hydroxyl groups excluding tert-OH is 1. The lowest BCUT2D eigenvalue weighted by Crippen LogP contribution is -2.14. The Morgan fingerprint density at radius 2 is 2.22 bits per heavy atom. The number of hydrogen-bond acceptors (Lipinski definition) is 4. The molecule has 5 heteroatoms. The number of carbonyl (C=O) groups is 1. The van der Waals surface area contributed by atoms with E-state index in [-0.39, 0.29) is 0 Å². The second-order valence-corrected chi connectivity index (χ2v) is 1.31. The van der Waals surface area contributed by atoms with Crippen molar-refractivity contribution < 1.29 is 24.1 Å². The van der Waals surface area contributed by atoms with Crippen molar-refractivity contribution in [3.05, 3.63) is 0 Å². The molecule has 4 nitrogen and oxygen atoms in total. The summed E-state index contributed by atoms with van der Waals surface area (Å²) < 4.78 is 14.8. The van der Waals surface area contributed by atoms with E-state index in [1.54, 1.807) is 0 Å². The lowest BCUT2D eigenvalue weighted by molar-refractivity contribution is -0.156. The Hall–Kier alpha value is -0.680. The Bertz CT molecular complexity index is 92.6. The van der Waals surface area contributed by atoms with Crippen molar-refractivity contribution in [3.63, 3.8) is 0 Å². The van der Waals surface area contributed by atoms with E-state index in [1.807, 2.05) is 0 Å². The smallest absolute Gasteiger partial charge is 0.313 e. The molecule has 0 spiro atoms. The fourth-order valence-corrected chi connectivity index (χ4v) is 0.269. The summed E-state index contributed by atoms with van der Waals surface area (Å²) in [5, 5.41) is 16.2. The van der Waals surface area contributed by atoms with Gasteiger partial charge in [0, 0.05) is 0 Å². The van der Waals surface area contributed by atoms with Crippen LogP contribution in [0.25, 0.3) is 0 Å². The molecule has 0 aliphatic heterocycles.